The van der Waals surface area contributed by atoms with Crippen LogP contribution in [-0.4, -0.2) is 56.5 Å². The molecule has 15 heteroatoms. The van der Waals surface area contributed by atoms with Crippen molar-refractivity contribution in [2.24, 2.45) is 19.8 Å². The number of nitrogens with one attached hydrogen (secondary N) is 1. The summed E-state index contributed by atoms with van der Waals surface area (Å²) in [6.45, 7) is 2.06. The normalized spacial score (nSPS) is 17.5. The number of piperidine rings is 2. The average Bonchev–Trinajstić information content (AvgIpc) is 3.12. The Morgan fingerprint density at radius 3 is 1.86 bits per heavy atom. The van der Waals surface area contributed by atoms with E-state index in [9.17, 15) is 34.1 Å². The quantitative estimate of drug-likeness (QED) is 0.274. The highest BCUT2D eigenvalue weighted by Crippen LogP contribution is 2.25. The summed E-state index contributed by atoms with van der Waals surface area (Å²) in [5.74, 6) is 0.284. The fraction of sp³-hybridized carbons (Fsp3) is 0.389. The molecule has 2 atom stereocenters. The standard InChI is InChI=1S/C36H39FN10O4/c1-42-33(48)15-31(44-11-3-5-28(40)21-44)47(36(42)51)20-26-14-29(10-8-24(26)18-39)41-30-6-4-12-45(22-30)32-16-34(49)43(2)35(50)46(32)19-25-13-27(37)9-7-23(25)17-38/h7-10,13-16,28,30,41H,3-6,11-12,19-22,40H2,1-2H3/t28-,30-/m0/s1. The second-order valence-corrected chi connectivity index (χ2v) is 13.2. The van der Waals surface area contributed by atoms with Gasteiger partial charge in [0.1, 0.15) is 17.5 Å². The van der Waals surface area contributed by atoms with E-state index in [2.05, 4.69) is 11.4 Å². The number of nitrogens with two attached hydrogens (primary N) is 1. The van der Waals surface area contributed by atoms with Crippen LogP contribution in [0.2, 0.25) is 0 Å². The Bertz CT molecular complexity index is 2310. The number of hydrogen-bond donors (Lipinski definition) is 2. The number of halogens is 1. The van der Waals surface area contributed by atoms with Crippen LogP contribution in [0.5, 0.6) is 0 Å². The van der Waals surface area contributed by atoms with Crippen LogP contribution >= 0.6 is 0 Å². The molecular weight excluding hydrogens is 655 g/mol. The molecule has 0 radical (unpaired) electrons. The van der Waals surface area contributed by atoms with Crippen LogP contribution in [0, 0.1) is 28.5 Å². The number of hydrogen-bond acceptors (Lipinski definition) is 10. The minimum atomic E-state index is -0.586. The smallest absolute Gasteiger partial charge is 0.332 e. The van der Waals surface area contributed by atoms with Crippen molar-refractivity contribution in [3.8, 4) is 12.1 Å². The van der Waals surface area contributed by atoms with Crippen molar-refractivity contribution in [2.75, 3.05) is 41.3 Å². The minimum absolute atomic E-state index is 0.0492. The van der Waals surface area contributed by atoms with Crippen molar-refractivity contribution in [1.29, 1.82) is 10.5 Å². The molecule has 3 N–H and O–H groups in total. The van der Waals surface area contributed by atoms with Crippen molar-refractivity contribution in [3.63, 3.8) is 0 Å². The highest BCUT2D eigenvalue weighted by Gasteiger charge is 2.26. The molecule has 264 valence electrons. The molecule has 0 amide bonds. The van der Waals surface area contributed by atoms with Gasteiger partial charge in [0, 0.05) is 70.2 Å². The highest BCUT2D eigenvalue weighted by atomic mass is 19.1. The summed E-state index contributed by atoms with van der Waals surface area (Å²) >= 11 is 0. The van der Waals surface area contributed by atoms with E-state index in [1.807, 2.05) is 21.9 Å². The van der Waals surface area contributed by atoms with Gasteiger partial charge in [-0.25, -0.2) is 14.0 Å². The van der Waals surface area contributed by atoms with E-state index in [1.54, 1.807) is 12.1 Å². The van der Waals surface area contributed by atoms with Gasteiger partial charge in [-0.1, -0.05) is 0 Å². The van der Waals surface area contributed by atoms with Crippen LogP contribution in [0.25, 0.3) is 0 Å². The lowest BCUT2D eigenvalue weighted by Gasteiger charge is -2.36. The lowest BCUT2D eigenvalue weighted by atomic mass is 10.0. The first kappa shape index (κ1) is 34.9. The third-order valence-corrected chi connectivity index (χ3v) is 9.72. The van der Waals surface area contributed by atoms with Gasteiger partial charge in [-0.15, -0.1) is 0 Å². The van der Waals surface area contributed by atoms with Crippen LogP contribution in [0.3, 0.4) is 0 Å². The fourth-order valence-corrected chi connectivity index (χ4v) is 6.96. The van der Waals surface area contributed by atoms with E-state index in [1.165, 1.54) is 53.6 Å². The van der Waals surface area contributed by atoms with E-state index >= 15 is 0 Å². The molecule has 0 saturated carbocycles. The predicted octanol–water partition coefficient (Wildman–Crippen LogP) is 1.39. The zero-order valence-electron chi connectivity index (χ0n) is 28.5. The summed E-state index contributed by atoms with van der Waals surface area (Å²) in [5, 5.41) is 23.1. The van der Waals surface area contributed by atoms with Crippen LogP contribution in [-0.2, 0) is 27.2 Å². The van der Waals surface area contributed by atoms with Crippen molar-refractivity contribution >= 4 is 17.3 Å². The molecule has 4 aromatic rings. The third-order valence-electron chi connectivity index (χ3n) is 9.72. The molecule has 2 aromatic carbocycles. The number of rotatable bonds is 8. The van der Waals surface area contributed by atoms with E-state index in [4.69, 9.17) is 5.73 Å². The number of anilines is 3. The molecule has 0 spiro atoms. The zero-order valence-corrected chi connectivity index (χ0v) is 28.5. The van der Waals surface area contributed by atoms with E-state index in [0.29, 0.717) is 60.2 Å². The maximum atomic E-state index is 14.2. The Balaban J connectivity index is 1.29. The maximum absolute atomic E-state index is 14.2. The first-order chi connectivity index (χ1) is 24.5. The van der Waals surface area contributed by atoms with Gasteiger partial charge >= 0.3 is 11.4 Å². The van der Waals surface area contributed by atoms with Gasteiger partial charge in [0.05, 0.1) is 36.4 Å². The topological polar surface area (TPSA) is 180 Å². The summed E-state index contributed by atoms with van der Waals surface area (Å²) in [5.41, 5.74) is 6.45. The first-order valence-electron chi connectivity index (χ1n) is 16.8. The van der Waals surface area contributed by atoms with Gasteiger partial charge in [-0.3, -0.25) is 27.9 Å². The predicted molar refractivity (Wildman–Crippen MR) is 191 cm³/mol. The fourth-order valence-electron chi connectivity index (χ4n) is 6.96. The summed E-state index contributed by atoms with van der Waals surface area (Å²) < 4.78 is 19.1. The molecule has 2 saturated heterocycles. The molecule has 51 heavy (non-hydrogen) atoms. The van der Waals surface area contributed by atoms with E-state index < -0.39 is 28.3 Å². The Labute approximate surface area is 292 Å². The van der Waals surface area contributed by atoms with Crippen LogP contribution in [0.4, 0.5) is 21.7 Å². The molecule has 0 bridgehead atoms. The molecule has 4 heterocycles. The lowest BCUT2D eigenvalue weighted by molar-refractivity contribution is 0.491. The van der Waals surface area contributed by atoms with Crippen molar-refractivity contribution in [2.45, 2.75) is 50.9 Å². The van der Waals surface area contributed by atoms with Crippen LogP contribution in [0.15, 0.2) is 67.7 Å². The monoisotopic (exact) mass is 694 g/mol. The summed E-state index contributed by atoms with van der Waals surface area (Å²) in [6.07, 6.45) is 3.17. The highest BCUT2D eigenvalue weighted by molar-refractivity contribution is 5.54. The van der Waals surface area contributed by atoms with E-state index in [0.717, 1.165) is 34.8 Å². The van der Waals surface area contributed by atoms with Gasteiger partial charge in [-0.2, -0.15) is 10.5 Å². The number of aromatic nitrogens is 4. The lowest BCUT2D eigenvalue weighted by Crippen LogP contribution is -2.47. The van der Waals surface area contributed by atoms with Crippen molar-refractivity contribution in [1.82, 2.24) is 18.3 Å². The SMILES string of the molecule is Cn1c(=O)cc(N2CCC[C@H](N)C2)n(Cc2cc(N[C@H]3CCCN(c4cc(=O)n(C)c(=O)n4Cc4cc(F)ccc4C#N)C3)ccc2C#N)c1=O. The van der Waals surface area contributed by atoms with Gasteiger partial charge < -0.3 is 20.9 Å². The van der Waals surface area contributed by atoms with E-state index in [-0.39, 0.29) is 30.7 Å². The maximum Gasteiger partial charge on any atom is 0.332 e. The molecule has 14 nitrogen and oxygen atoms in total. The van der Waals surface area contributed by atoms with Crippen LogP contribution in [0.1, 0.15) is 47.9 Å². The summed E-state index contributed by atoms with van der Waals surface area (Å²) in [6, 6.07) is 15.9. The van der Waals surface area contributed by atoms with Gasteiger partial charge in [-0.05, 0) is 73.2 Å². The molecule has 6 rings (SSSR count). The molecule has 0 unspecified atom stereocenters. The zero-order chi connectivity index (χ0) is 36.4. The Morgan fingerprint density at radius 1 is 0.765 bits per heavy atom. The average molecular weight is 695 g/mol. The Hall–Kier alpha value is -5.93. The second kappa shape index (κ2) is 14.5. The molecular formula is C36H39FN10O4. The Morgan fingerprint density at radius 2 is 1.29 bits per heavy atom. The molecule has 2 aliphatic rings. The summed E-state index contributed by atoms with van der Waals surface area (Å²) in [7, 11) is 2.80. The van der Waals surface area contributed by atoms with Crippen LogP contribution < -0.4 is 43.3 Å². The van der Waals surface area contributed by atoms with Gasteiger partial charge in [0.2, 0.25) is 0 Å². The number of benzene rings is 2. The minimum Gasteiger partial charge on any atom is -0.381 e. The molecule has 2 aromatic heterocycles. The largest absolute Gasteiger partial charge is 0.381 e. The van der Waals surface area contributed by atoms with Gasteiger partial charge in [0.25, 0.3) is 11.1 Å². The Kier molecular flexibility index (Phi) is 9.93. The number of nitrogens with zero attached hydrogens (tertiary/aromatic N) is 8. The molecule has 0 aliphatic carbocycles. The first-order valence-corrected chi connectivity index (χ1v) is 16.8. The third kappa shape index (κ3) is 7.20. The summed E-state index contributed by atoms with van der Waals surface area (Å²) in [4.78, 5) is 56.2. The molecule has 2 aliphatic heterocycles. The molecule has 2 fully saturated rings. The number of nitriles is 2. The van der Waals surface area contributed by atoms with Crippen molar-refractivity contribution in [3.05, 3.63) is 118 Å². The van der Waals surface area contributed by atoms with Crippen molar-refractivity contribution < 1.29 is 4.39 Å². The van der Waals surface area contributed by atoms with Gasteiger partial charge in [0.15, 0.2) is 0 Å². The second-order valence-electron chi connectivity index (χ2n) is 13.2.